The molecule has 0 aliphatic heterocycles. The summed E-state index contributed by atoms with van der Waals surface area (Å²) in [5, 5.41) is 4.34. The van der Waals surface area contributed by atoms with Gasteiger partial charge in [-0.1, -0.05) is 30.3 Å². The molecule has 100 valence electrons. The third kappa shape index (κ3) is 2.33. The molecule has 0 unspecified atom stereocenters. The molecule has 0 atom stereocenters. The van der Waals surface area contributed by atoms with Gasteiger partial charge in [0.1, 0.15) is 11.5 Å². The maximum atomic E-state index is 5.86. The van der Waals surface area contributed by atoms with E-state index in [1.54, 1.807) is 17.1 Å². The van der Waals surface area contributed by atoms with Crippen LogP contribution >= 0.6 is 0 Å². The third-order valence-electron chi connectivity index (χ3n) is 2.90. The highest BCUT2D eigenvalue weighted by Crippen LogP contribution is 2.21. The van der Waals surface area contributed by atoms with Crippen LogP contribution in [0.5, 0.6) is 0 Å². The third-order valence-corrected chi connectivity index (χ3v) is 2.90. The summed E-state index contributed by atoms with van der Waals surface area (Å²) in [5.41, 5.74) is 7.70. The van der Waals surface area contributed by atoms with Crippen LogP contribution in [0.25, 0.3) is 11.3 Å². The average Bonchev–Trinajstić information content (AvgIpc) is 3.04. The quantitative estimate of drug-likeness (QED) is 0.741. The van der Waals surface area contributed by atoms with Gasteiger partial charge in [-0.2, -0.15) is 9.78 Å². The Kier molecular flexibility index (Phi) is 3.09. The van der Waals surface area contributed by atoms with Gasteiger partial charge in [0.05, 0.1) is 18.1 Å². The Morgan fingerprint density at radius 3 is 2.70 bits per heavy atom. The van der Waals surface area contributed by atoms with Crippen molar-refractivity contribution < 1.29 is 4.42 Å². The number of furan rings is 1. The molecule has 0 radical (unpaired) electrons. The van der Waals surface area contributed by atoms with Gasteiger partial charge >= 0.3 is 0 Å². The lowest BCUT2D eigenvalue weighted by Crippen LogP contribution is -1.99. The number of benzene rings is 1. The molecule has 0 aliphatic rings. The van der Waals surface area contributed by atoms with E-state index in [9.17, 15) is 0 Å². The number of aryl methyl sites for hydroxylation is 1. The lowest BCUT2D eigenvalue weighted by molar-refractivity contribution is 0.527. The summed E-state index contributed by atoms with van der Waals surface area (Å²) in [7, 11) is 0. The zero-order valence-electron chi connectivity index (χ0n) is 11.0. The summed E-state index contributed by atoms with van der Waals surface area (Å²) >= 11 is 0. The minimum atomic E-state index is 0.336. The van der Waals surface area contributed by atoms with Crippen LogP contribution in [-0.2, 0) is 0 Å². The maximum Gasteiger partial charge on any atom is 0.221 e. The van der Waals surface area contributed by atoms with Crippen LogP contribution in [0, 0.1) is 6.92 Å². The van der Waals surface area contributed by atoms with E-state index in [0.717, 1.165) is 17.0 Å². The number of nitrogen functional groups attached to an aromatic ring is 1. The lowest BCUT2D eigenvalue weighted by atomic mass is 10.2. The first-order valence-corrected chi connectivity index (χ1v) is 6.23. The smallest absolute Gasteiger partial charge is 0.221 e. The highest BCUT2D eigenvalue weighted by atomic mass is 16.3. The van der Waals surface area contributed by atoms with Crippen LogP contribution < -0.4 is 5.73 Å². The number of rotatable bonds is 3. The summed E-state index contributed by atoms with van der Waals surface area (Å²) in [4.78, 5) is 4.11. The maximum absolute atomic E-state index is 5.86. The molecule has 0 spiro atoms. The van der Waals surface area contributed by atoms with Crippen LogP contribution in [0.15, 0.2) is 58.2 Å². The monoisotopic (exact) mass is 266 g/mol. The Labute approximate surface area is 116 Å². The predicted octanol–water partition coefficient (Wildman–Crippen LogP) is 2.92. The fourth-order valence-electron chi connectivity index (χ4n) is 1.92. The van der Waals surface area contributed by atoms with Gasteiger partial charge in [-0.25, -0.2) is 4.98 Å². The van der Waals surface area contributed by atoms with Gasteiger partial charge in [0, 0.05) is 5.56 Å². The van der Waals surface area contributed by atoms with E-state index in [2.05, 4.69) is 10.1 Å². The van der Waals surface area contributed by atoms with Crippen molar-refractivity contribution in [3.8, 4) is 11.3 Å². The number of nitrogens with two attached hydrogens (primary N) is 1. The predicted molar refractivity (Wildman–Crippen MR) is 78.5 cm³/mol. The number of aromatic nitrogens is 2. The minimum Gasteiger partial charge on any atom is -0.460 e. The molecule has 20 heavy (non-hydrogen) atoms. The van der Waals surface area contributed by atoms with Crippen LogP contribution in [0.3, 0.4) is 0 Å². The Morgan fingerprint density at radius 1 is 1.20 bits per heavy atom. The van der Waals surface area contributed by atoms with Crippen molar-refractivity contribution in [2.45, 2.75) is 6.92 Å². The molecular weight excluding hydrogens is 252 g/mol. The standard InChI is InChI=1S/C15H14N4O/c1-11-7-8-13(20-11)9-18-19-14(10-17-15(19)16)12-5-3-2-4-6-12/h2-10H,1H3,(H2,16,17). The summed E-state index contributed by atoms with van der Waals surface area (Å²) < 4.78 is 7.03. The van der Waals surface area contributed by atoms with Crippen LogP contribution in [0.1, 0.15) is 11.5 Å². The van der Waals surface area contributed by atoms with Gasteiger partial charge in [-0.15, -0.1) is 0 Å². The normalized spacial score (nSPS) is 11.2. The second-order valence-corrected chi connectivity index (χ2v) is 4.37. The highest BCUT2D eigenvalue weighted by Gasteiger charge is 2.08. The van der Waals surface area contributed by atoms with Crippen molar-refractivity contribution in [2.75, 3.05) is 5.73 Å². The number of imidazole rings is 1. The van der Waals surface area contributed by atoms with E-state index in [1.165, 1.54) is 0 Å². The second-order valence-electron chi connectivity index (χ2n) is 4.37. The number of hydrogen-bond donors (Lipinski definition) is 1. The number of nitrogens with zero attached hydrogens (tertiary/aromatic N) is 3. The van der Waals surface area contributed by atoms with E-state index in [4.69, 9.17) is 10.2 Å². The van der Waals surface area contributed by atoms with E-state index in [0.29, 0.717) is 11.7 Å². The van der Waals surface area contributed by atoms with Gasteiger partial charge in [-0.3, -0.25) is 0 Å². The van der Waals surface area contributed by atoms with Crippen molar-refractivity contribution in [1.29, 1.82) is 0 Å². The van der Waals surface area contributed by atoms with E-state index < -0.39 is 0 Å². The SMILES string of the molecule is Cc1ccc(C=Nn2c(-c3ccccc3)cnc2N)o1. The van der Waals surface area contributed by atoms with Gasteiger partial charge in [0.15, 0.2) is 0 Å². The number of anilines is 1. The topological polar surface area (TPSA) is 69.3 Å². The molecule has 0 amide bonds. The van der Waals surface area contributed by atoms with Crippen LogP contribution in [0.4, 0.5) is 5.95 Å². The van der Waals surface area contributed by atoms with E-state index in [1.807, 2.05) is 49.4 Å². The average molecular weight is 266 g/mol. The molecule has 5 nitrogen and oxygen atoms in total. The van der Waals surface area contributed by atoms with Crippen molar-refractivity contribution in [1.82, 2.24) is 9.66 Å². The highest BCUT2D eigenvalue weighted by molar-refractivity contribution is 5.76. The molecule has 2 heterocycles. The minimum absolute atomic E-state index is 0.336. The largest absolute Gasteiger partial charge is 0.460 e. The van der Waals surface area contributed by atoms with Gasteiger partial charge in [-0.05, 0) is 19.1 Å². The van der Waals surface area contributed by atoms with Crippen LogP contribution in [-0.4, -0.2) is 15.9 Å². The Morgan fingerprint density at radius 2 is 2.00 bits per heavy atom. The molecule has 3 rings (SSSR count). The van der Waals surface area contributed by atoms with Gasteiger partial charge in [0.2, 0.25) is 5.95 Å². The molecular formula is C15H14N4O. The molecule has 0 saturated heterocycles. The first-order chi connectivity index (χ1) is 9.74. The molecule has 0 fully saturated rings. The molecule has 0 saturated carbocycles. The first-order valence-electron chi connectivity index (χ1n) is 6.23. The first kappa shape index (κ1) is 12.2. The fourth-order valence-corrected chi connectivity index (χ4v) is 1.92. The molecule has 2 aromatic heterocycles. The summed E-state index contributed by atoms with van der Waals surface area (Å²) in [6.07, 6.45) is 3.33. The molecule has 0 aliphatic carbocycles. The van der Waals surface area contributed by atoms with Crippen LogP contribution in [0.2, 0.25) is 0 Å². The van der Waals surface area contributed by atoms with E-state index in [-0.39, 0.29) is 0 Å². The second kappa shape index (κ2) is 5.05. The number of hydrogen-bond acceptors (Lipinski definition) is 4. The molecule has 1 aromatic carbocycles. The summed E-state index contributed by atoms with van der Waals surface area (Å²) in [5.74, 6) is 1.85. The van der Waals surface area contributed by atoms with Crippen molar-refractivity contribution in [2.24, 2.45) is 5.10 Å². The van der Waals surface area contributed by atoms with Gasteiger partial charge in [0.25, 0.3) is 0 Å². The summed E-state index contributed by atoms with van der Waals surface area (Å²) in [6.45, 7) is 1.89. The molecule has 5 heteroatoms. The molecule has 2 N–H and O–H groups in total. The summed E-state index contributed by atoms with van der Waals surface area (Å²) in [6, 6.07) is 13.6. The van der Waals surface area contributed by atoms with E-state index >= 15 is 0 Å². The zero-order valence-corrected chi connectivity index (χ0v) is 11.0. The zero-order chi connectivity index (χ0) is 13.9. The Balaban J connectivity index is 1.98. The van der Waals surface area contributed by atoms with Gasteiger partial charge < -0.3 is 10.2 Å². The lowest BCUT2D eigenvalue weighted by Gasteiger charge is -2.03. The van der Waals surface area contributed by atoms with Crippen molar-refractivity contribution in [3.63, 3.8) is 0 Å². The van der Waals surface area contributed by atoms with Crippen molar-refractivity contribution in [3.05, 3.63) is 60.2 Å². The molecule has 0 bridgehead atoms. The Bertz CT molecular complexity index is 740. The van der Waals surface area contributed by atoms with Crippen molar-refractivity contribution >= 4 is 12.2 Å². The molecule has 3 aromatic rings. The Hall–Kier alpha value is -2.82. The fraction of sp³-hybridized carbons (Fsp3) is 0.0667.